The fourth-order valence-corrected chi connectivity index (χ4v) is 0.316. The van der Waals surface area contributed by atoms with Crippen LogP contribution < -0.4 is 0 Å². The van der Waals surface area contributed by atoms with Crippen molar-refractivity contribution in [1.82, 2.24) is 0 Å². The van der Waals surface area contributed by atoms with E-state index in [1.165, 1.54) is 13.8 Å². The molecular formula is C6H10O4. The minimum absolute atomic E-state index is 0.0139. The molecule has 0 heterocycles. The first-order chi connectivity index (χ1) is 4.37. The smallest absolute Gasteiger partial charge is 0.203 e. The average molecular weight is 146 g/mol. The maximum Gasteiger partial charge on any atom is 0.203 e. The van der Waals surface area contributed by atoms with Crippen LogP contribution in [-0.2, 0) is 9.59 Å². The zero-order valence-corrected chi connectivity index (χ0v) is 5.87. The lowest BCUT2D eigenvalue weighted by atomic mass is 9.89. The Balaban J connectivity index is 4.65. The summed E-state index contributed by atoms with van der Waals surface area (Å²) in [5.41, 5.74) is -4.01. The van der Waals surface area contributed by atoms with Crippen LogP contribution in [0.1, 0.15) is 13.8 Å². The van der Waals surface area contributed by atoms with Gasteiger partial charge >= 0.3 is 0 Å². The molecule has 0 radical (unpaired) electrons. The van der Waals surface area contributed by atoms with Gasteiger partial charge < -0.3 is 10.2 Å². The molecule has 0 aromatic heterocycles. The van der Waals surface area contributed by atoms with Crippen LogP contribution >= 0.6 is 0 Å². The number of hydrogen-bond donors (Lipinski definition) is 2. The Morgan fingerprint density at radius 1 is 1.10 bits per heavy atom. The molecule has 0 aliphatic carbocycles. The fraction of sp³-hybridized carbons (Fsp3) is 0.667. The molecule has 10 heavy (non-hydrogen) atoms. The van der Waals surface area contributed by atoms with Crippen LogP contribution in [0.5, 0.6) is 0 Å². The quantitative estimate of drug-likeness (QED) is 0.391. The standard InChI is InChI=1S/C6H10O4/c1-5(2,9)6(10,3-7)4-8/h3-4,9-10H,1-2H3. The summed E-state index contributed by atoms with van der Waals surface area (Å²) >= 11 is 0. The Morgan fingerprint density at radius 3 is 1.40 bits per heavy atom. The van der Waals surface area contributed by atoms with Crippen molar-refractivity contribution in [3.05, 3.63) is 0 Å². The summed E-state index contributed by atoms with van der Waals surface area (Å²) < 4.78 is 0. The number of carbonyl (C=O) groups excluding carboxylic acids is 2. The molecule has 0 saturated carbocycles. The summed E-state index contributed by atoms with van der Waals surface area (Å²) in [5.74, 6) is 0. The second-order valence-corrected chi connectivity index (χ2v) is 2.62. The molecule has 4 nitrogen and oxygen atoms in total. The van der Waals surface area contributed by atoms with Gasteiger partial charge in [0.05, 0.1) is 0 Å². The number of aliphatic hydroxyl groups is 2. The third-order valence-electron chi connectivity index (χ3n) is 1.34. The van der Waals surface area contributed by atoms with E-state index in [1.54, 1.807) is 0 Å². The van der Waals surface area contributed by atoms with Crippen molar-refractivity contribution in [3.63, 3.8) is 0 Å². The summed E-state index contributed by atoms with van der Waals surface area (Å²) in [4.78, 5) is 20.1. The summed E-state index contributed by atoms with van der Waals surface area (Å²) in [7, 11) is 0. The van der Waals surface area contributed by atoms with E-state index in [4.69, 9.17) is 10.2 Å². The van der Waals surface area contributed by atoms with Gasteiger partial charge in [0.15, 0.2) is 12.6 Å². The molecule has 0 fully saturated rings. The minimum atomic E-state index is -2.28. The number of aldehydes is 2. The lowest BCUT2D eigenvalue weighted by Gasteiger charge is -2.28. The molecule has 0 aromatic carbocycles. The van der Waals surface area contributed by atoms with E-state index in [0.29, 0.717) is 0 Å². The van der Waals surface area contributed by atoms with Crippen molar-refractivity contribution in [2.24, 2.45) is 0 Å². The zero-order chi connectivity index (χ0) is 8.41. The van der Waals surface area contributed by atoms with Crippen LogP contribution in [0.2, 0.25) is 0 Å². The van der Waals surface area contributed by atoms with Gasteiger partial charge in [-0.1, -0.05) is 0 Å². The molecule has 0 spiro atoms. The normalized spacial score (nSPS) is 12.8. The summed E-state index contributed by atoms with van der Waals surface area (Å²) in [5, 5.41) is 18.0. The van der Waals surface area contributed by atoms with Gasteiger partial charge in [-0.2, -0.15) is 0 Å². The van der Waals surface area contributed by atoms with Crippen molar-refractivity contribution in [3.8, 4) is 0 Å². The molecule has 4 heteroatoms. The SMILES string of the molecule is CC(C)(O)C(O)(C=O)C=O. The molecule has 0 rings (SSSR count). The first kappa shape index (κ1) is 9.26. The molecule has 0 bridgehead atoms. The van der Waals surface area contributed by atoms with Crippen molar-refractivity contribution in [2.75, 3.05) is 0 Å². The van der Waals surface area contributed by atoms with Crippen molar-refractivity contribution >= 4 is 12.6 Å². The second kappa shape index (κ2) is 2.48. The van der Waals surface area contributed by atoms with Gasteiger partial charge in [0.2, 0.25) is 5.60 Å². The number of carbonyl (C=O) groups is 2. The Labute approximate surface area is 58.5 Å². The van der Waals surface area contributed by atoms with Crippen LogP contribution in [0.3, 0.4) is 0 Å². The van der Waals surface area contributed by atoms with E-state index in [0.717, 1.165) is 0 Å². The second-order valence-electron chi connectivity index (χ2n) is 2.62. The van der Waals surface area contributed by atoms with Crippen LogP contribution in [0.25, 0.3) is 0 Å². The maximum absolute atomic E-state index is 10.1. The highest BCUT2D eigenvalue weighted by Crippen LogP contribution is 2.16. The van der Waals surface area contributed by atoms with Crippen molar-refractivity contribution in [1.29, 1.82) is 0 Å². The Kier molecular flexibility index (Phi) is 2.29. The highest BCUT2D eigenvalue weighted by molar-refractivity contribution is 5.88. The summed E-state index contributed by atoms with van der Waals surface area (Å²) in [6.07, 6.45) is 0.0278. The highest BCUT2D eigenvalue weighted by Gasteiger charge is 2.42. The van der Waals surface area contributed by atoms with Crippen LogP contribution in [0.4, 0.5) is 0 Å². The largest absolute Gasteiger partial charge is 0.387 e. The van der Waals surface area contributed by atoms with Crippen molar-refractivity contribution in [2.45, 2.75) is 25.0 Å². The van der Waals surface area contributed by atoms with E-state index in [-0.39, 0.29) is 12.6 Å². The number of rotatable bonds is 3. The predicted octanol–water partition coefficient (Wildman–Crippen LogP) is -1.11. The summed E-state index contributed by atoms with van der Waals surface area (Å²) in [6, 6.07) is 0. The van der Waals surface area contributed by atoms with Gasteiger partial charge in [0.25, 0.3) is 0 Å². The van der Waals surface area contributed by atoms with Crippen molar-refractivity contribution < 1.29 is 19.8 Å². The number of hydrogen-bond acceptors (Lipinski definition) is 4. The average Bonchev–Trinajstić information content (AvgIpc) is 1.84. The molecule has 0 aliphatic rings. The Bertz CT molecular complexity index is 136. The van der Waals surface area contributed by atoms with Gasteiger partial charge in [-0.25, -0.2) is 0 Å². The van der Waals surface area contributed by atoms with E-state index >= 15 is 0 Å². The third kappa shape index (κ3) is 1.40. The lowest BCUT2D eigenvalue weighted by molar-refractivity contribution is -0.159. The first-order valence-corrected chi connectivity index (χ1v) is 2.75. The van der Waals surface area contributed by atoms with Crippen LogP contribution in [0.15, 0.2) is 0 Å². The Hall–Kier alpha value is -0.740. The monoisotopic (exact) mass is 146 g/mol. The highest BCUT2D eigenvalue weighted by atomic mass is 16.4. The molecule has 0 unspecified atom stereocenters. The van der Waals surface area contributed by atoms with Gasteiger partial charge in [-0.15, -0.1) is 0 Å². The van der Waals surface area contributed by atoms with Gasteiger partial charge in [-0.05, 0) is 13.8 Å². The van der Waals surface area contributed by atoms with E-state index in [2.05, 4.69) is 0 Å². The molecule has 58 valence electrons. The van der Waals surface area contributed by atoms with Crippen LogP contribution in [-0.4, -0.2) is 34.0 Å². The minimum Gasteiger partial charge on any atom is -0.387 e. The van der Waals surface area contributed by atoms with Gasteiger partial charge in [0.1, 0.15) is 5.60 Å². The predicted molar refractivity (Wildman–Crippen MR) is 33.4 cm³/mol. The molecule has 0 saturated heterocycles. The molecule has 0 aromatic rings. The van der Waals surface area contributed by atoms with E-state index in [1.807, 2.05) is 0 Å². The van der Waals surface area contributed by atoms with E-state index < -0.39 is 11.2 Å². The molecule has 0 amide bonds. The van der Waals surface area contributed by atoms with Gasteiger partial charge in [-0.3, -0.25) is 9.59 Å². The van der Waals surface area contributed by atoms with E-state index in [9.17, 15) is 9.59 Å². The first-order valence-electron chi connectivity index (χ1n) is 2.75. The maximum atomic E-state index is 10.1. The fourth-order valence-electron chi connectivity index (χ4n) is 0.316. The van der Waals surface area contributed by atoms with Gasteiger partial charge in [0, 0.05) is 0 Å². The lowest BCUT2D eigenvalue weighted by Crippen LogP contribution is -2.52. The third-order valence-corrected chi connectivity index (χ3v) is 1.34. The summed E-state index contributed by atoms with van der Waals surface area (Å²) in [6.45, 7) is 2.35. The molecular weight excluding hydrogens is 136 g/mol. The molecule has 2 N–H and O–H groups in total. The Morgan fingerprint density at radius 2 is 1.40 bits per heavy atom. The van der Waals surface area contributed by atoms with Crippen LogP contribution in [0, 0.1) is 0 Å². The zero-order valence-electron chi connectivity index (χ0n) is 5.87. The topological polar surface area (TPSA) is 74.6 Å². The molecule has 0 atom stereocenters. The molecule has 0 aliphatic heterocycles.